The van der Waals surface area contributed by atoms with E-state index in [0.29, 0.717) is 0 Å². The van der Waals surface area contributed by atoms with Crippen molar-refractivity contribution in [2.45, 2.75) is 59.2 Å². The molecule has 0 nitrogen and oxygen atoms in total. The van der Waals surface area contributed by atoms with Crippen LogP contribution in [-0.2, 0) is 0 Å². The van der Waals surface area contributed by atoms with Gasteiger partial charge in [-0.05, 0) is 0 Å². The molecule has 1 fully saturated rings. The van der Waals surface area contributed by atoms with Gasteiger partial charge < -0.3 is 0 Å². The number of rotatable bonds is 0. The van der Waals surface area contributed by atoms with E-state index in [4.69, 9.17) is 0 Å². The van der Waals surface area contributed by atoms with Crippen molar-refractivity contribution in [3.63, 3.8) is 0 Å². The van der Waals surface area contributed by atoms with E-state index < -0.39 is 59.2 Å². The highest BCUT2D eigenvalue weighted by Gasteiger charge is 3.13. The smallest absolute Gasteiger partial charge is 0.225 e. The van der Waals surface area contributed by atoms with Crippen LogP contribution in [0.3, 0.4) is 0 Å². The quantitative estimate of drug-likeness (QED) is 0.340. The molecule has 0 aromatic carbocycles. The van der Waals surface area contributed by atoms with Gasteiger partial charge in [0.15, 0.2) is 0 Å². The highest BCUT2D eigenvalue weighted by atomic mass is 19.4. The minimum atomic E-state index is -9.33. The van der Waals surface area contributed by atoms with E-state index in [1.165, 1.54) is 0 Å². The fraction of sp³-hybridized carbons (Fsp3) is 1.00. The highest BCUT2D eigenvalue weighted by molar-refractivity contribution is 5.41. The van der Waals surface area contributed by atoms with E-state index in [1.54, 1.807) is 0 Å². The van der Waals surface area contributed by atoms with Crippen molar-refractivity contribution in [2.24, 2.45) is 0 Å². The first kappa shape index (κ1) is 26.6. The second kappa shape index (κ2) is 5.69. The zero-order valence-electron chi connectivity index (χ0n) is 12.6. The summed E-state index contributed by atoms with van der Waals surface area (Å²) in [5.41, 5.74) is -36.9. The average Bonchev–Trinajstić information content (AvgIpc) is 2.45. The molecule has 180 valence electrons. The van der Waals surface area contributed by atoms with Gasteiger partial charge in [0.25, 0.3) is 0 Å². The van der Waals surface area contributed by atoms with E-state index in [1.807, 2.05) is 0 Å². The first-order valence-corrected chi connectivity index (χ1v) is 6.28. The van der Waals surface area contributed by atoms with Crippen molar-refractivity contribution in [2.75, 3.05) is 0 Å². The number of halogens is 20. The number of hydrogen-bond donors (Lipinski definition) is 0. The van der Waals surface area contributed by atoms with Gasteiger partial charge in [0, 0.05) is 0 Å². The summed E-state index contributed by atoms with van der Waals surface area (Å²) in [5, 5.41) is 0. The molecule has 0 aliphatic heterocycles. The van der Waals surface area contributed by atoms with Crippen LogP contribution in [0.5, 0.6) is 0 Å². The van der Waals surface area contributed by atoms with Gasteiger partial charge in [0.05, 0.1) is 0 Å². The van der Waals surface area contributed by atoms with Crippen molar-refractivity contribution in [1.29, 1.82) is 0 Å². The van der Waals surface area contributed by atoms with Gasteiger partial charge in [-0.15, -0.1) is 0 Å². The summed E-state index contributed by atoms with van der Waals surface area (Å²) in [6, 6.07) is 0. The molecule has 0 aromatic rings. The molecule has 0 amide bonds. The molecular formula is C10F20. The van der Waals surface area contributed by atoms with Gasteiger partial charge in [-0.25, -0.2) is 17.6 Å². The molecule has 1 aliphatic carbocycles. The Hall–Kier alpha value is -1.40. The summed E-state index contributed by atoms with van der Waals surface area (Å²) >= 11 is 0. The van der Waals surface area contributed by atoms with Crippen LogP contribution in [0.25, 0.3) is 0 Å². The fourth-order valence-electron chi connectivity index (χ4n) is 2.87. The molecule has 0 radical (unpaired) electrons. The maximum atomic E-state index is 14.2. The molecule has 0 spiro atoms. The van der Waals surface area contributed by atoms with Gasteiger partial charge in [0.2, 0.25) is 0 Å². The van der Waals surface area contributed by atoms with Gasteiger partial charge in [-0.1, -0.05) is 0 Å². The van der Waals surface area contributed by atoms with Crippen molar-refractivity contribution < 1.29 is 87.8 Å². The van der Waals surface area contributed by atoms with Crippen molar-refractivity contribution in [3.8, 4) is 0 Å². The van der Waals surface area contributed by atoms with Crippen LogP contribution < -0.4 is 0 Å². The highest BCUT2D eigenvalue weighted by Crippen LogP contribution is 2.78. The van der Waals surface area contributed by atoms with Crippen molar-refractivity contribution in [3.05, 3.63) is 0 Å². The Morgan fingerprint density at radius 1 is 0.267 bits per heavy atom. The minimum absolute atomic E-state index is 8.61. The van der Waals surface area contributed by atoms with E-state index in [9.17, 15) is 87.8 Å². The Kier molecular flexibility index (Phi) is 5.05. The first-order chi connectivity index (χ1) is 12.5. The first-order valence-electron chi connectivity index (χ1n) is 6.28. The lowest BCUT2D eigenvalue weighted by Gasteiger charge is -2.60. The third-order valence-corrected chi connectivity index (χ3v) is 4.25. The van der Waals surface area contributed by atoms with Crippen LogP contribution in [0.15, 0.2) is 0 Å². The van der Waals surface area contributed by atoms with Gasteiger partial charge in [-0.3, -0.25) is 0 Å². The molecule has 0 N–H and O–H groups in total. The Labute approximate surface area is 148 Å². The number of alkyl halides is 20. The zero-order valence-corrected chi connectivity index (χ0v) is 12.6. The fourth-order valence-corrected chi connectivity index (χ4v) is 2.87. The Morgan fingerprint density at radius 2 is 0.400 bits per heavy atom. The molecule has 1 saturated carbocycles. The maximum Gasteiger partial charge on any atom is 0.432 e. The van der Waals surface area contributed by atoms with Crippen LogP contribution in [0.2, 0.25) is 0 Å². The zero-order chi connectivity index (χ0) is 25.0. The predicted molar refractivity (Wildman–Crippen MR) is 49.5 cm³/mol. The summed E-state index contributed by atoms with van der Waals surface area (Å²) in [4.78, 5) is 0. The molecule has 0 heterocycles. The third-order valence-electron chi connectivity index (χ3n) is 4.25. The molecule has 1 rings (SSSR count). The third kappa shape index (κ3) is 2.22. The van der Waals surface area contributed by atoms with Gasteiger partial charge in [-0.2, -0.15) is 70.2 Å². The monoisotopic (exact) mass is 500 g/mol. The Bertz CT molecular complexity index is 630. The molecule has 20 heteroatoms. The molecule has 4 unspecified atom stereocenters. The van der Waals surface area contributed by atoms with Crippen LogP contribution in [0, 0.1) is 0 Å². The van der Waals surface area contributed by atoms with Crippen LogP contribution in [0.4, 0.5) is 87.8 Å². The second-order valence-electron chi connectivity index (χ2n) is 5.77. The molecule has 30 heavy (non-hydrogen) atoms. The largest absolute Gasteiger partial charge is 0.432 e. The standard InChI is InChI=1S/C10F20/c11-1(7(19,20)21)2(12,8(22,23)24)4(14,10(28,29)30)6(17,18)5(15,16)3(1,13)9(25,26)27. The second-order valence-corrected chi connectivity index (χ2v) is 5.77. The SMILES string of the molecule is FC(F)(F)C1(F)C(F)(F)C(F)(F)C(F)(C(F)(F)F)C(F)(C(F)(F)F)C1(F)C(F)(F)F. The Morgan fingerprint density at radius 3 is 0.500 bits per heavy atom. The lowest BCUT2D eigenvalue weighted by atomic mass is 9.54. The van der Waals surface area contributed by atoms with E-state index in [-0.39, 0.29) is 0 Å². The number of hydrogen-bond acceptors (Lipinski definition) is 0. The molecule has 0 bridgehead atoms. The summed E-state index contributed by atoms with van der Waals surface area (Å²) in [5.74, 6) is -17.9. The van der Waals surface area contributed by atoms with Crippen molar-refractivity contribution >= 4 is 0 Å². The average molecular weight is 500 g/mol. The summed E-state index contributed by atoms with van der Waals surface area (Å²) < 4.78 is 262. The van der Waals surface area contributed by atoms with Crippen LogP contribution in [0.1, 0.15) is 0 Å². The molecule has 4 atom stereocenters. The molecule has 0 aromatic heterocycles. The van der Waals surface area contributed by atoms with Gasteiger partial charge in [0.1, 0.15) is 0 Å². The summed E-state index contributed by atoms with van der Waals surface area (Å²) in [6.07, 6.45) is -34.8. The van der Waals surface area contributed by atoms with E-state index >= 15 is 0 Å². The van der Waals surface area contributed by atoms with Crippen molar-refractivity contribution in [1.82, 2.24) is 0 Å². The lowest BCUT2D eigenvalue weighted by Crippen LogP contribution is -2.96. The maximum absolute atomic E-state index is 14.2. The topological polar surface area (TPSA) is 0 Å². The van der Waals surface area contributed by atoms with Crippen LogP contribution in [-0.4, -0.2) is 59.2 Å². The molecule has 0 saturated heterocycles. The lowest BCUT2D eigenvalue weighted by molar-refractivity contribution is -0.538. The Balaban J connectivity index is 4.65. The molecular weight excluding hydrogens is 500 g/mol. The summed E-state index contributed by atoms with van der Waals surface area (Å²) in [7, 11) is 0. The minimum Gasteiger partial charge on any atom is -0.225 e. The molecule has 1 aliphatic rings. The van der Waals surface area contributed by atoms with Crippen LogP contribution >= 0.6 is 0 Å². The van der Waals surface area contributed by atoms with Gasteiger partial charge >= 0.3 is 59.2 Å². The normalized spacial score (nSPS) is 40.4. The predicted octanol–water partition coefficient (Wildman–Crippen LogP) is 6.35. The van der Waals surface area contributed by atoms with E-state index in [2.05, 4.69) is 0 Å². The summed E-state index contributed by atoms with van der Waals surface area (Å²) in [6.45, 7) is 0. The van der Waals surface area contributed by atoms with E-state index in [0.717, 1.165) is 0 Å².